The summed E-state index contributed by atoms with van der Waals surface area (Å²) in [6.45, 7) is 0. The van der Waals surface area contributed by atoms with Gasteiger partial charge >= 0.3 is 0 Å². The third-order valence-corrected chi connectivity index (χ3v) is 1.33. The fourth-order valence-corrected chi connectivity index (χ4v) is 0.715. The molecule has 5 N–H and O–H groups in total. The molecule has 10 heavy (non-hydrogen) atoms. The summed E-state index contributed by atoms with van der Waals surface area (Å²) in [5, 5.41) is 6.92. The summed E-state index contributed by atoms with van der Waals surface area (Å²) in [5.74, 6) is 0.0301. The SMILES string of the molecule is N=CC1C(N)=NC=NC1N. The Labute approximate surface area is 58.3 Å². The molecule has 5 nitrogen and oxygen atoms in total. The van der Waals surface area contributed by atoms with Crippen LogP contribution in [-0.4, -0.2) is 24.6 Å². The van der Waals surface area contributed by atoms with Gasteiger partial charge in [-0.15, -0.1) is 0 Å². The zero-order valence-corrected chi connectivity index (χ0v) is 5.36. The first-order valence-electron chi connectivity index (χ1n) is 2.86. The summed E-state index contributed by atoms with van der Waals surface area (Å²) in [7, 11) is 0. The van der Waals surface area contributed by atoms with Crippen molar-refractivity contribution in [3.05, 3.63) is 0 Å². The van der Waals surface area contributed by atoms with Crippen molar-refractivity contribution in [2.75, 3.05) is 0 Å². The summed E-state index contributed by atoms with van der Waals surface area (Å²) in [6, 6.07) is 0. The molecule has 1 aliphatic heterocycles. The van der Waals surface area contributed by atoms with Crippen molar-refractivity contribution in [2.45, 2.75) is 6.17 Å². The number of hydrogen-bond acceptors (Lipinski definition) is 5. The van der Waals surface area contributed by atoms with Crippen molar-refractivity contribution in [3.8, 4) is 0 Å². The van der Waals surface area contributed by atoms with Crippen molar-refractivity contribution in [3.63, 3.8) is 0 Å². The highest BCUT2D eigenvalue weighted by Crippen LogP contribution is 2.03. The molecule has 0 saturated heterocycles. The van der Waals surface area contributed by atoms with E-state index in [0.29, 0.717) is 5.84 Å². The van der Waals surface area contributed by atoms with Crippen molar-refractivity contribution in [1.29, 1.82) is 5.41 Å². The largest absolute Gasteiger partial charge is 0.386 e. The van der Waals surface area contributed by atoms with Crippen LogP contribution in [0.3, 0.4) is 0 Å². The molecule has 1 aliphatic rings. The lowest BCUT2D eigenvalue weighted by Crippen LogP contribution is -2.41. The second-order valence-corrected chi connectivity index (χ2v) is 2.00. The van der Waals surface area contributed by atoms with Crippen molar-refractivity contribution >= 4 is 18.4 Å². The molecule has 0 amide bonds. The highest BCUT2D eigenvalue weighted by atomic mass is 15.1. The molecule has 0 radical (unpaired) electrons. The van der Waals surface area contributed by atoms with Gasteiger partial charge in [0, 0.05) is 6.21 Å². The van der Waals surface area contributed by atoms with Crippen LogP contribution in [0.15, 0.2) is 9.98 Å². The summed E-state index contributed by atoms with van der Waals surface area (Å²) in [4.78, 5) is 7.47. The van der Waals surface area contributed by atoms with E-state index in [-0.39, 0.29) is 5.92 Å². The maximum Gasteiger partial charge on any atom is 0.114 e. The van der Waals surface area contributed by atoms with E-state index in [1.54, 1.807) is 0 Å². The van der Waals surface area contributed by atoms with E-state index in [9.17, 15) is 0 Å². The first-order chi connectivity index (χ1) is 4.75. The lowest BCUT2D eigenvalue weighted by atomic mass is 10.1. The van der Waals surface area contributed by atoms with Gasteiger partial charge in [0.2, 0.25) is 0 Å². The van der Waals surface area contributed by atoms with Crippen molar-refractivity contribution in [2.24, 2.45) is 27.4 Å². The van der Waals surface area contributed by atoms with Gasteiger partial charge in [0.25, 0.3) is 0 Å². The van der Waals surface area contributed by atoms with Crippen LogP contribution in [0.4, 0.5) is 0 Å². The Hall–Kier alpha value is -1.23. The molecule has 1 rings (SSSR count). The van der Waals surface area contributed by atoms with E-state index in [2.05, 4.69) is 9.98 Å². The van der Waals surface area contributed by atoms with Gasteiger partial charge in [0.1, 0.15) is 18.3 Å². The molecule has 0 bridgehead atoms. The molecule has 0 fully saturated rings. The normalized spacial score (nSPS) is 31.5. The van der Waals surface area contributed by atoms with E-state index in [1.807, 2.05) is 0 Å². The summed E-state index contributed by atoms with van der Waals surface area (Å²) >= 11 is 0. The standard InChI is InChI=1S/C5H9N5/c6-1-3-4(7)9-2-10-5(3)8/h1-4,6H,7H2,(H2,8,9,10). The number of hydrogen-bond donors (Lipinski definition) is 3. The molecule has 0 aliphatic carbocycles. The zero-order valence-electron chi connectivity index (χ0n) is 5.36. The smallest absolute Gasteiger partial charge is 0.114 e. The van der Waals surface area contributed by atoms with E-state index < -0.39 is 6.17 Å². The van der Waals surface area contributed by atoms with Crippen LogP contribution in [0.5, 0.6) is 0 Å². The maximum atomic E-state index is 6.92. The van der Waals surface area contributed by atoms with E-state index >= 15 is 0 Å². The zero-order chi connectivity index (χ0) is 7.56. The average Bonchev–Trinajstić information content (AvgIpc) is 1.88. The van der Waals surface area contributed by atoms with Gasteiger partial charge in [-0.2, -0.15) is 0 Å². The van der Waals surface area contributed by atoms with Crippen molar-refractivity contribution in [1.82, 2.24) is 0 Å². The Morgan fingerprint density at radius 1 is 1.70 bits per heavy atom. The van der Waals surface area contributed by atoms with Gasteiger partial charge < -0.3 is 16.9 Å². The van der Waals surface area contributed by atoms with Gasteiger partial charge in [0.15, 0.2) is 0 Å². The minimum atomic E-state index is -0.435. The number of aliphatic imine (C=N–C) groups is 2. The molecule has 0 saturated carbocycles. The molecular weight excluding hydrogens is 130 g/mol. The lowest BCUT2D eigenvalue weighted by molar-refractivity contribution is 0.659. The predicted molar refractivity (Wildman–Crippen MR) is 40.4 cm³/mol. The third kappa shape index (κ3) is 1.03. The Kier molecular flexibility index (Phi) is 1.77. The van der Waals surface area contributed by atoms with Gasteiger partial charge in [-0.25, -0.2) is 4.99 Å². The van der Waals surface area contributed by atoms with Crippen LogP contribution in [0, 0.1) is 11.3 Å². The van der Waals surface area contributed by atoms with Crippen LogP contribution in [0.1, 0.15) is 0 Å². The highest BCUT2D eigenvalue weighted by molar-refractivity contribution is 6.00. The molecule has 1 heterocycles. The maximum absolute atomic E-state index is 6.92. The van der Waals surface area contributed by atoms with Crippen LogP contribution in [0.25, 0.3) is 0 Å². The van der Waals surface area contributed by atoms with Crippen LogP contribution >= 0.6 is 0 Å². The molecule has 0 aromatic carbocycles. The fraction of sp³-hybridized carbons (Fsp3) is 0.400. The molecule has 2 atom stereocenters. The molecule has 5 heteroatoms. The Morgan fingerprint density at radius 3 is 2.80 bits per heavy atom. The average molecular weight is 139 g/mol. The van der Waals surface area contributed by atoms with Gasteiger partial charge in [0.05, 0.1) is 5.92 Å². The Balaban J connectivity index is 2.80. The second-order valence-electron chi connectivity index (χ2n) is 2.00. The molecular formula is C5H9N5. The van der Waals surface area contributed by atoms with Crippen LogP contribution < -0.4 is 11.5 Å². The number of amidine groups is 1. The molecule has 2 unspecified atom stereocenters. The van der Waals surface area contributed by atoms with E-state index in [4.69, 9.17) is 16.9 Å². The number of nitrogens with zero attached hydrogens (tertiary/aromatic N) is 2. The van der Waals surface area contributed by atoms with Gasteiger partial charge in [-0.3, -0.25) is 4.99 Å². The first kappa shape index (κ1) is 6.88. The van der Waals surface area contributed by atoms with Crippen LogP contribution in [0.2, 0.25) is 0 Å². The quantitative estimate of drug-likeness (QED) is 0.403. The monoisotopic (exact) mass is 139 g/mol. The van der Waals surface area contributed by atoms with Crippen LogP contribution in [-0.2, 0) is 0 Å². The van der Waals surface area contributed by atoms with E-state index in [0.717, 1.165) is 6.21 Å². The minimum absolute atomic E-state index is 0.329. The highest BCUT2D eigenvalue weighted by Gasteiger charge is 2.20. The minimum Gasteiger partial charge on any atom is -0.386 e. The molecule has 54 valence electrons. The van der Waals surface area contributed by atoms with Crippen molar-refractivity contribution < 1.29 is 0 Å². The lowest BCUT2D eigenvalue weighted by Gasteiger charge is -2.17. The van der Waals surface area contributed by atoms with E-state index in [1.165, 1.54) is 6.34 Å². The number of nitrogens with two attached hydrogens (primary N) is 2. The first-order valence-corrected chi connectivity index (χ1v) is 2.86. The molecule has 0 spiro atoms. The third-order valence-electron chi connectivity index (χ3n) is 1.33. The van der Waals surface area contributed by atoms with Gasteiger partial charge in [-0.05, 0) is 0 Å². The summed E-state index contributed by atoms with van der Waals surface area (Å²) in [5.41, 5.74) is 10.9. The number of nitrogens with one attached hydrogen (secondary N) is 1. The second kappa shape index (κ2) is 2.57. The molecule has 0 aromatic heterocycles. The fourth-order valence-electron chi connectivity index (χ4n) is 0.715. The topological polar surface area (TPSA) is 101 Å². The Morgan fingerprint density at radius 2 is 2.40 bits per heavy atom. The summed E-state index contributed by atoms with van der Waals surface area (Å²) in [6.07, 6.45) is 2.04. The predicted octanol–water partition coefficient (Wildman–Crippen LogP) is -1.06. The Bertz CT molecular complexity index is 194. The molecule has 0 aromatic rings. The van der Waals surface area contributed by atoms with Gasteiger partial charge in [-0.1, -0.05) is 0 Å². The summed E-state index contributed by atoms with van der Waals surface area (Å²) < 4.78 is 0. The number of rotatable bonds is 1.